The van der Waals surface area contributed by atoms with Crippen LogP contribution in [0.15, 0.2) is 91.0 Å². The van der Waals surface area contributed by atoms with E-state index in [-0.39, 0.29) is 30.9 Å². The van der Waals surface area contributed by atoms with E-state index >= 15 is 0 Å². The minimum atomic E-state index is -0.581. The van der Waals surface area contributed by atoms with Crippen molar-refractivity contribution in [3.05, 3.63) is 108 Å². The fourth-order valence-corrected chi connectivity index (χ4v) is 3.25. The van der Waals surface area contributed by atoms with Gasteiger partial charge in [0, 0.05) is 5.56 Å². The van der Waals surface area contributed by atoms with E-state index in [0.717, 1.165) is 11.1 Å². The first-order valence-electron chi connectivity index (χ1n) is 10.4. The molecule has 6 nitrogen and oxygen atoms in total. The van der Waals surface area contributed by atoms with Crippen molar-refractivity contribution in [1.82, 2.24) is 10.6 Å². The largest absolute Gasteiger partial charge is 0.456 e. The molecular formula is C26H26N2O4. The number of carbonyl (C=O) groups excluding carboxylic acids is 3. The summed E-state index contributed by atoms with van der Waals surface area (Å²) in [6.07, 6.45) is -0.0931. The molecule has 3 rings (SSSR count). The molecule has 2 unspecified atom stereocenters. The molecule has 3 aromatic carbocycles. The van der Waals surface area contributed by atoms with Crippen LogP contribution >= 0.6 is 0 Å². The molecule has 0 saturated carbocycles. The molecule has 32 heavy (non-hydrogen) atoms. The van der Waals surface area contributed by atoms with Gasteiger partial charge >= 0.3 is 5.97 Å². The number of rotatable bonds is 9. The molecule has 2 amide bonds. The molecule has 0 bridgehead atoms. The Labute approximate surface area is 187 Å². The van der Waals surface area contributed by atoms with Gasteiger partial charge in [-0.2, -0.15) is 0 Å². The predicted octanol–water partition coefficient (Wildman–Crippen LogP) is 3.97. The molecule has 0 heterocycles. The van der Waals surface area contributed by atoms with Crippen LogP contribution in [-0.4, -0.2) is 24.4 Å². The lowest BCUT2D eigenvalue weighted by Gasteiger charge is -2.19. The second-order valence-corrected chi connectivity index (χ2v) is 7.37. The maximum absolute atomic E-state index is 12.6. The number of hydrogen-bond acceptors (Lipinski definition) is 4. The van der Waals surface area contributed by atoms with Crippen molar-refractivity contribution in [2.24, 2.45) is 0 Å². The normalized spacial score (nSPS) is 12.3. The first kappa shape index (κ1) is 22.7. The highest BCUT2D eigenvalue weighted by Gasteiger charge is 2.21. The van der Waals surface area contributed by atoms with Crippen molar-refractivity contribution in [2.75, 3.05) is 6.61 Å². The number of amides is 2. The van der Waals surface area contributed by atoms with Crippen molar-refractivity contribution in [1.29, 1.82) is 0 Å². The van der Waals surface area contributed by atoms with Crippen LogP contribution in [0.25, 0.3) is 0 Å². The SMILES string of the molecule is CC(NC(=O)COC(=O)CC(NC(=O)c1ccccc1)c1ccccc1)c1ccccc1. The number of hydrogen-bond donors (Lipinski definition) is 2. The number of benzene rings is 3. The van der Waals surface area contributed by atoms with Crippen LogP contribution in [0.5, 0.6) is 0 Å². The van der Waals surface area contributed by atoms with Crippen molar-refractivity contribution < 1.29 is 19.1 Å². The monoisotopic (exact) mass is 430 g/mol. The molecule has 164 valence electrons. The number of nitrogens with one attached hydrogen (secondary N) is 2. The summed E-state index contributed by atoms with van der Waals surface area (Å²) in [4.78, 5) is 37.2. The van der Waals surface area contributed by atoms with E-state index in [1.807, 2.05) is 73.7 Å². The first-order valence-corrected chi connectivity index (χ1v) is 10.4. The van der Waals surface area contributed by atoms with E-state index in [1.54, 1.807) is 24.3 Å². The zero-order valence-corrected chi connectivity index (χ0v) is 17.9. The molecule has 3 aromatic rings. The Balaban J connectivity index is 1.56. The number of carbonyl (C=O) groups is 3. The number of esters is 1. The topological polar surface area (TPSA) is 84.5 Å². The van der Waals surface area contributed by atoms with Crippen molar-refractivity contribution in [2.45, 2.75) is 25.4 Å². The molecule has 2 atom stereocenters. The van der Waals surface area contributed by atoms with Crippen molar-refractivity contribution in [3.63, 3.8) is 0 Å². The smallest absolute Gasteiger partial charge is 0.308 e. The molecule has 0 spiro atoms. The summed E-state index contributed by atoms with van der Waals surface area (Å²) in [5.41, 5.74) is 2.23. The minimum Gasteiger partial charge on any atom is -0.456 e. The Kier molecular flexibility index (Phi) is 8.15. The molecule has 6 heteroatoms. The lowest BCUT2D eigenvalue weighted by molar-refractivity contribution is -0.149. The molecule has 0 fully saturated rings. The predicted molar refractivity (Wildman–Crippen MR) is 122 cm³/mol. The van der Waals surface area contributed by atoms with E-state index in [0.29, 0.717) is 5.56 Å². The average Bonchev–Trinajstić information content (AvgIpc) is 2.84. The maximum atomic E-state index is 12.6. The van der Waals surface area contributed by atoms with E-state index in [1.165, 1.54) is 0 Å². The Bertz CT molecular complexity index is 1020. The summed E-state index contributed by atoms with van der Waals surface area (Å²) in [6.45, 7) is 1.48. The molecule has 0 aliphatic rings. The first-order chi connectivity index (χ1) is 15.5. The minimum absolute atomic E-state index is 0.0931. The van der Waals surface area contributed by atoms with Crippen molar-refractivity contribution in [3.8, 4) is 0 Å². The second kappa shape index (κ2) is 11.5. The number of ether oxygens (including phenoxy) is 1. The quantitative estimate of drug-likeness (QED) is 0.503. The highest BCUT2D eigenvalue weighted by molar-refractivity contribution is 5.94. The van der Waals surface area contributed by atoms with Crippen LogP contribution in [0.4, 0.5) is 0 Å². The standard InChI is InChI=1S/C26H26N2O4/c1-19(20-11-5-2-6-12-20)27-24(29)18-32-25(30)17-23(21-13-7-3-8-14-21)28-26(31)22-15-9-4-10-16-22/h2-16,19,23H,17-18H2,1H3,(H,27,29)(H,28,31). The average molecular weight is 431 g/mol. The second-order valence-electron chi connectivity index (χ2n) is 7.37. The van der Waals surface area contributed by atoms with Crippen LogP contribution in [0.3, 0.4) is 0 Å². The maximum Gasteiger partial charge on any atom is 0.308 e. The summed E-state index contributed by atoms with van der Waals surface area (Å²) in [5, 5.41) is 5.69. The van der Waals surface area contributed by atoms with Crippen LogP contribution in [0.1, 0.15) is 46.9 Å². The Morgan fingerprint density at radius 3 is 1.88 bits per heavy atom. The fraction of sp³-hybridized carbons (Fsp3) is 0.192. The van der Waals surface area contributed by atoms with Gasteiger partial charge in [0.25, 0.3) is 11.8 Å². The van der Waals surface area contributed by atoms with Crippen LogP contribution in [0.2, 0.25) is 0 Å². The highest BCUT2D eigenvalue weighted by Crippen LogP contribution is 2.18. The Morgan fingerprint density at radius 2 is 1.28 bits per heavy atom. The van der Waals surface area contributed by atoms with Gasteiger partial charge in [0.2, 0.25) is 0 Å². The van der Waals surface area contributed by atoms with Gasteiger partial charge in [-0.25, -0.2) is 0 Å². The summed E-state index contributed by atoms with van der Waals surface area (Å²) in [6, 6.07) is 26.7. The summed E-state index contributed by atoms with van der Waals surface area (Å²) < 4.78 is 5.18. The summed E-state index contributed by atoms with van der Waals surface area (Å²) in [7, 11) is 0. The molecule has 0 aliphatic carbocycles. The molecule has 0 aromatic heterocycles. The molecule has 0 saturated heterocycles. The lowest BCUT2D eigenvalue weighted by Crippen LogP contribution is -2.33. The fourth-order valence-electron chi connectivity index (χ4n) is 3.25. The highest BCUT2D eigenvalue weighted by atomic mass is 16.5. The zero-order chi connectivity index (χ0) is 22.8. The molecule has 0 radical (unpaired) electrons. The Morgan fingerprint density at radius 1 is 0.750 bits per heavy atom. The third-order valence-corrected chi connectivity index (χ3v) is 4.96. The van der Waals surface area contributed by atoms with E-state index in [9.17, 15) is 14.4 Å². The third-order valence-electron chi connectivity index (χ3n) is 4.96. The van der Waals surface area contributed by atoms with E-state index in [2.05, 4.69) is 10.6 Å². The lowest BCUT2D eigenvalue weighted by atomic mass is 10.0. The summed E-state index contributed by atoms with van der Waals surface area (Å²) in [5.74, 6) is -1.25. The van der Waals surface area contributed by atoms with Crippen LogP contribution in [-0.2, 0) is 14.3 Å². The van der Waals surface area contributed by atoms with Gasteiger partial charge in [-0.3, -0.25) is 14.4 Å². The van der Waals surface area contributed by atoms with Gasteiger partial charge in [-0.15, -0.1) is 0 Å². The third kappa shape index (κ3) is 6.80. The van der Waals surface area contributed by atoms with Gasteiger partial charge in [0.05, 0.1) is 18.5 Å². The van der Waals surface area contributed by atoms with E-state index in [4.69, 9.17) is 4.74 Å². The van der Waals surface area contributed by atoms with E-state index < -0.39 is 12.0 Å². The van der Waals surface area contributed by atoms with Gasteiger partial charge < -0.3 is 15.4 Å². The Hall–Kier alpha value is -3.93. The molecule has 2 N–H and O–H groups in total. The van der Waals surface area contributed by atoms with Gasteiger partial charge in [0.15, 0.2) is 6.61 Å². The van der Waals surface area contributed by atoms with Crippen LogP contribution in [0, 0.1) is 0 Å². The molecule has 0 aliphatic heterocycles. The zero-order valence-electron chi connectivity index (χ0n) is 17.9. The van der Waals surface area contributed by atoms with Gasteiger partial charge in [0.1, 0.15) is 0 Å². The van der Waals surface area contributed by atoms with Gasteiger partial charge in [-0.05, 0) is 30.2 Å². The van der Waals surface area contributed by atoms with Crippen LogP contribution < -0.4 is 10.6 Å². The summed E-state index contributed by atoms with van der Waals surface area (Å²) >= 11 is 0. The van der Waals surface area contributed by atoms with Crippen molar-refractivity contribution >= 4 is 17.8 Å². The molecular weight excluding hydrogens is 404 g/mol. The van der Waals surface area contributed by atoms with Gasteiger partial charge in [-0.1, -0.05) is 78.9 Å².